The maximum absolute atomic E-state index is 12.2. The Kier molecular flexibility index (Phi) is 5.14. The van der Waals surface area contributed by atoms with Crippen molar-refractivity contribution in [2.45, 2.75) is 31.7 Å². The molecule has 0 spiro atoms. The highest BCUT2D eigenvalue weighted by Gasteiger charge is 2.18. The minimum absolute atomic E-state index is 0.286. The summed E-state index contributed by atoms with van der Waals surface area (Å²) in [5.74, 6) is 0.672. The highest BCUT2D eigenvalue weighted by Crippen LogP contribution is 2.27. The van der Waals surface area contributed by atoms with Gasteiger partial charge in [0.2, 0.25) is 0 Å². The molecule has 1 aromatic carbocycles. The molecule has 0 unspecified atom stereocenters. The van der Waals surface area contributed by atoms with Crippen molar-refractivity contribution in [3.05, 3.63) is 40.6 Å². The average molecular weight is 391 g/mol. The van der Waals surface area contributed by atoms with E-state index in [1.165, 1.54) is 19.2 Å². The summed E-state index contributed by atoms with van der Waals surface area (Å²) in [6, 6.07) is 7.56. The molecule has 0 aliphatic heterocycles. The second-order valence-electron chi connectivity index (χ2n) is 5.67. The second kappa shape index (κ2) is 7.48. The molecule has 1 aliphatic carbocycles. The first-order valence-electron chi connectivity index (χ1n) is 7.83. The molecule has 1 heterocycles. The Balaban J connectivity index is 1.67. The Bertz CT molecular complexity index is 732. The number of nitrogens with two attached hydrogens (primary N) is 1. The number of hydrogen-bond acceptors (Lipinski definition) is 6. The number of benzene rings is 1. The van der Waals surface area contributed by atoms with Gasteiger partial charge in [0.15, 0.2) is 11.6 Å². The van der Waals surface area contributed by atoms with Crippen molar-refractivity contribution in [3.63, 3.8) is 0 Å². The van der Waals surface area contributed by atoms with Crippen molar-refractivity contribution in [2.24, 2.45) is 0 Å². The number of anilines is 3. The zero-order valence-electron chi connectivity index (χ0n) is 13.1. The number of carbonyl (C=O) groups is 1. The van der Waals surface area contributed by atoms with Gasteiger partial charge in [0.1, 0.15) is 12.0 Å². The van der Waals surface area contributed by atoms with E-state index in [0.29, 0.717) is 33.4 Å². The third-order valence-corrected chi connectivity index (χ3v) is 4.68. The minimum atomic E-state index is -0.286. The Labute approximate surface area is 148 Å². The Morgan fingerprint density at radius 2 is 1.88 bits per heavy atom. The van der Waals surface area contributed by atoms with Gasteiger partial charge in [-0.1, -0.05) is 25.0 Å². The van der Waals surface area contributed by atoms with Crippen LogP contribution >= 0.6 is 15.9 Å². The smallest absolute Gasteiger partial charge is 0.270 e. The van der Waals surface area contributed by atoms with Gasteiger partial charge in [-0.2, -0.15) is 0 Å². The van der Waals surface area contributed by atoms with Crippen LogP contribution in [0.1, 0.15) is 36.0 Å². The second-order valence-corrected chi connectivity index (χ2v) is 6.52. The van der Waals surface area contributed by atoms with E-state index < -0.39 is 0 Å². The largest absolute Gasteiger partial charge is 0.393 e. The molecule has 1 amide bonds. The van der Waals surface area contributed by atoms with Crippen LogP contribution in [0.15, 0.2) is 35.1 Å². The molecule has 0 radical (unpaired) electrons. The number of nitrogen functional groups attached to an aromatic ring is 1. The van der Waals surface area contributed by atoms with E-state index in [2.05, 4.69) is 42.1 Å². The summed E-state index contributed by atoms with van der Waals surface area (Å²) in [7, 11) is 0. The molecule has 2 aromatic rings. The van der Waals surface area contributed by atoms with Gasteiger partial charge in [0.25, 0.3) is 5.91 Å². The molecule has 3 rings (SSSR count). The molecule has 0 bridgehead atoms. The van der Waals surface area contributed by atoms with Crippen molar-refractivity contribution in [2.75, 3.05) is 16.5 Å². The zero-order chi connectivity index (χ0) is 16.9. The van der Waals surface area contributed by atoms with Crippen LogP contribution in [0, 0.1) is 0 Å². The van der Waals surface area contributed by atoms with Crippen molar-refractivity contribution < 1.29 is 4.79 Å². The van der Waals surface area contributed by atoms with Crippen LogP contribution in [0.5, 0.6) is 0 Å². The molecule has 0 saturated heterocycles. The third kappa shape index (κ3) is 3.76. The van der Waals surface area contributed by atoms with Crippen molar-refractivity contribution in [3.8, 4) is 0 Å². The summed E-state index contributed by atoms with van der Waals surface area (Å²) >= 11 is 3.35. The number of hydrazine groups is 1. The van der Waals surface area contributed by atoms with Crippen LogP contribution < -0.4 is 21.9 Å². The van der Waals surface area contributed by atoms with Crippen molar-refractivity contribution >= 4 is 39.2 Å². The lowest BCUT2D eigenvalue weighted by Gasteiger charge is -2.16. The Morgan fingerprint density at radius 1 is 1.17 bits per heavy atom. The minimum Gasteiger partial charge on any atom is -0.393 e. The van der Waals surface area contributed by atoms with Gasteiger partial charge in [-0.25, -0.2) is 9.97 Å². The number of carbonyl (C=O) groups excluding carboxylic acids is 1. The monoisotopic (exact) mass is 390 g/mol. The van der Waals surface area contributed by atoms with Crippen LogP contribution in [0.25, 0.3) is 0 Å². The summed E-state index contributed by atoms with van der Waals surface area (Å²) in [6.45, 7) is 0. The van der Waals surface area contributed by atoms with Crippen LogP contribution in [-0.4, -0.2) is 21.9 Å². The lowest BCUT2D eigenvalue weighted by Crippen LogP contribution is -2.30. The normalized spacial score (nSPS) is 14.4. The number of halogens is 1. The SMILES string of the molecule is Nc1c(NNC(=O)c2ccccc2Br)ncnc1NC1CCCC1. The maximum atomic E-state index is 12.2. The summed E-state index contributed by atoms with van der Waals surface area (Å²) in [5, 5.41) is 3.34. The van der Waals surface area contributed by atoms with E-state index in [9.17, 15) is 4.79 Å². The van der Waals surface area contributed by atoms with Crippen LogP contribution in [0.4, 0.5) is 17.3 Å². The molecule has 126 valence electrons. The Morgan fingerprint density at radius 3 is 2.62 bits per heavy atom. The molecule has 1 saturated carbocycles. The summed E-state index contributed by atoms with van der Waals surface area (Å²) in [5.41, 5.74) is 12.4. The van der Waals surface area contributed by atoms with Crippen LogP contribution in [-0.2, 0) is 0 Å². The average Bonchev–Trinajstić information content (AvgIpc) is 3.09. The molecule has 7 nitrogen and oxygen atoms in total. The maximum Gasteiger partial charge on any atom is 0.270 e. The van der Waals surface area contributed by atoms with E-state index in [1.807, 2.05) is 6.07 Å². The summed E-state index contributed by atoms with van der Waals surface area (Å²) in [6.07, 6.45) is 6.09. The van der Waals surface area contributed by atoms with Gasteiger partial charge in [0, 0.05) is 10.5 Å². The first-order valence-corrected chi connectivity index (χ1v) is 8.62. The molecule has 5 N–H and O–H groups in total. The fourth-order valence-corrected chi connectivity index (χ4v) is 3.17. The Hall–Kier alpha value is -2.35. The van der Waals surface area contributed by atoms with Gasteiger partial charge in [0.05, 0.1) is 5.56 Å². The van der Waals surface area contributed by atoms with E-state index in [0.717, 1.165) is 12.8 Å². The van der Waals surface area contributed by atoms with Crippen molar-refractivity contribution in [1.82, 2.24) is 15.4 Å². The predicted octanol–water partition coefficient (Wildman–Crippen LogP) is 2.93. The highest BCUT2D eigenvalue weighted by molar-refractivity contribution is 9.10. The molecular formula is C16H19BrN6O. The number of amides is 1. The quantitative estimate of drug-likeness (QED) is 0.585. The molecule has 0 atom stereocenters. The van der Waals surface area contributed by atoms with Gasteiger partial charge in [-0.15, -0.1) is 0 Å². The molecule has 1 aromatic heterocycles. The highest BCUT2D eigenvalue weighted by atomic mass is 79.9. The fourth-order valence-electron chi connectivity index (χ4n) is 2.70. The van der Waals surface area contributed by atoms with E-state index in [1.54, 1.807) is 18.2 Å². The number of hydrogen-bond donors (Lipinski definition) is 4. The van der Waals surface area contributed by atoms with Crippen LogP contribution in [0.3, 0.4) is 0 Å². The standard InChI is InChI=1S/C16H19BrN6O/c17-12-8-4-3-7-11(12)16(24)23-22-15-13(18)14(19-9-20-15)21-10-5-1-2-6-10/h3-4,7-10H,1-2,5-6,18H2,(H,23,24)(H2,19,20,21,22). The lowest BCUT2D eigenvalue weighted by molar-refractivity contribution is 0.0962. The number of nitrogens with zero attached hydrogens (tertiary/aromatic N) is 2. The molecule has 1 fully saturated rings. The first kappa shape index (κ1) is 16.5. The lowest BCUT2D eigenvalue weighted by atomic mass is 10.2. The molecule has 24 heavy (non-hydrogen) atoms. The number of aromatic nitrogens is 2. The topological polar surface area (TPSA) is 105 Å². The molecule has 1 aliphatic rings. The van der Waals surface area contributed by atoms with Gasteiger partial charge in [-0.05, 0) is 40.9 Å². The zero-order valence-corrected chi connectivity index (χ0v) is 14.6. The van der Waals surface area contributed by atoms with E-state index in [-0.39, 0.29) is 5.91 Å². The van der Waals surface area contributed by atoms with Crippen molar-refractivity contribution in [1.29, 1.82) is 0 Å². The van der Waals surface area contributed by atoms with Crippen LogP contribution in [0.2, 0.25) is 0 Å². The van der Waals surface area contributed by atoms with Gasteiger partial charge in [-0.3, -0.25) is 15.6 Å². The summed E-state index contributed by atoms with van der Waals surface area (Å²) < 4.78 is 0.712. The molecule has 8 heteroatoms. The number of rotatable bonds is 5. The number of nitrogens with one attached hydrogen (secondary N) is 3. The predicted molar refractivity (Wildman–Crippen MR) is 97.6 cm³/mol. The summed E-state index contributed by atoms with van der Waals surface area (Å²) in [4.78, 5) is 20.5. The van der Waals surface area contributed by atoms with E-state index in [4.69, 9.17) is 5.73 Å². The van der Waals surface area contributed by atoms with E-state index >= 15 is 0 Å². The van der Waals surface area contributed by atoms with Gasteiger partial charge < -0.3 is 11.1 Å². The fraction of sp³-hybridized carbons (Fsp3) is 0.312. The molecular weight excluding hydrogens is 372 g/mol. The first-order chi connectivity index (χ1) is 11.6. The third-order valence-electron chi connectivity index (χ3n) is 3.99. The van der Waals surface area contributed by atoms with Gasteiger partial charge >= 0.3 is 0 Å².